The molecule has 0 fully saturated rings. The van der Waals surface area contributed by atoms with E-state index in [2.05, 4.69) is 11.8 Å². The van der Waals surface area contributed by atoms with Gasteiger partial charge in [0.2, 0.25) is 5.91 Å². The highest BCUT2D eigenvalue weighted by Crippen LogP contribution is 1.95. The zero-order chi connectivity index (χ0) is 9.40. The Hall–Kier alpha value is -1.41. The minimum absolute atomic E-state index is 0.0356. The highest BCUT2D eigenvalue weighted by molar-refractivity contribution is 5.76. The van der Waals surface area contributed by atoms with Crippen molar-refractivity contribution in [1.82, 2.24) is 4.90 Å². The van der Waals surface area contributed by atoms with Crippen molar-refractivity contribution in [2.75, 3.05) is 13.1 Å². The van der Waals surface area contributed by atoms with Crippen LogP contribution in [0.1, 0.15) is 19.8 Å². The van der Waals surface area contributed by atoms with Crippen molar-refractivity contribution in [2.45, 2.75) is 19.8 Å². The lowest BCUT2D eigenvalue weighted by molar-refractivity contribution is -0.130. The Labute approximate surface area is 73.9 Å². The molecule has 0 bridgehead atoms. The lowest BCUT2D eigenvalue weighted by Gasteiger charge is -2.16. The Morgan fingerprint density at radius 3 is 2.50 bits per heavy atom. The molecule has 0 aliphatic rings. The van der Waals surface area contributed by atoms with Crippen LogP contribution in [0.15, 0.2) is 0 Å². The van der Waals surface area contributed by atoms with Crippen molar-refractivity contribution in [3.05, 3.63) is 0 Å². The van der Waals surface area contributed by atoms with E-state index >= 15 is 0 Å². The quantitative estimate of drug-likeness (QED) is 0.563. The van der Waals surface area contributed by atoms with Gasteiger partial charge in [-0.25, -0.2) is 0 Å². The molecule has 0 spiro atoms. The average molecular weight is 163 g/mol. The van der Waals surface area contributed by atoms with E-state index < -0.39 is 0 Å². The summed E-state index contributed by atoms with van der Waals surface area (Å²) in [6.07, 6.45) is 11.0. The molecule has 0 aromatic rings. The summed E-state index contributed by atoms with van der Waals surface area (Å²) in [5.74, 6) is 4.89. The summed E-state index contributed by atoms with van der Waals surface area (Å²) < 4.78 is 0. The fraction of sp³-hybridized carbons (Fsp3) is 0.500. The van der Waals surface area contributed by atoms with Crippen molar-refractivity contribution in [2.24, 2.45) is 0 Å². The van der Waals surface area contributed by atoms with Gasteiger partial charge >= 0.3 is 0 Å². The van der Waals surface area contributed by atoms with Crippen LogP contribution in [0.25, 0.3) is 0 Å². The van der Waals surface area contributed by atoms with E-state index in [0.717, 1.165) is 0 Å². The van der Waals surface area contributed by atoms with Gasteiger partial charge in [0.1, 0.15) is 0 Å². The second kappa shape index (κ2) is 6.31. The molecule has 0 unspecified atom stereocenters. The molecule has 0 aliphatic carbocycles. The van der Waals surface area contributed by atoms with E-state index in [4.69, 9.17) is 12.8 Å². The number of carbonyl (C=O) groups is 1. The molecule has 0 heterocycles. The van der Waals surface area contributed by atoms with E-state index in [1.165, 1.54) is 0 Å². The van der Waals surface area contributed by atoms with Gasteiger partial charge in [0, 0.05) is 19.4 Å². The predicted octanol–water partition coefficient (Wildman–Crippen LogP) is 0.882. The maximum Gasteiger partial charge on any atom is 0.224 e. The van der Waals surface area contributed by atoms with Crippen molar-refractivity contribution >= 4 is 5.91 Å². The second-order valence-electron chi connectivity index (χ2n) is 2.32. The molecule has 2 heteroatoms. The molecule has 1 amide bonds. The van der Waals surface area contributed by atoms with Crippen LogP contribution in [0.5, 0.6) is 0 Å². The number of hydrogen-bond donors (Lipinski definition) is 0. The van der Waals surface area contributed by atoms with E-state index in [1.54, 1.807) is 4.90 Å². The molecule has 0 N–H and O–H groups in total. The molecule has 0 aliphatic heterocycles. The highest BCUT2D eigenvalue weighted by Gasteiger charge is 2.07. The van der Waals surface area contributed by atoms with Crippen LogP contribution in [0.2, 0.25) is 0 Å². The minimum Gasteiger partial charge on any atom is -0.332 e. The smallest absolute Gasteiger partial charge is 0.224 e. The van der Waals surface area contributed by atoms with Crippen LogP contribution in [0.4, 0.5) is 0 Å². The first-order valence-corrected chi connectivity index (χ1v) is 3.91. The molecule has 0 radical (unpaired) electrons. The van der Waals surface area contributed by atoms with Crippen LogP contribution >= 0.6 is 0 Å². The Morgan fingerprint density at radius 1 is 1.42 bits per heavy atom. The number of rotatable bonds is 4. The summed E-state index contributed by atoms with van der Waals surface area (Å²) >= 11 is 0. The Morgan fingerprint density at radius 2 is 2.08 bits per heavy atom. The summed E-state index contributed by atoms with van der Waals surface area (Å²) in [7, 11) is 0. The zero-order valence-corrected chi connectivity index (χ0v) is 7.34. The topological polar surface area (TPSA) is 20.3 Å². The standard InChI is InChI=1S/C10H13NO/c1-4-7-8-10(12)11(6-3)9-5-2/h1-2H,6-9H2,3H3. The first-order chi connectivity index (χ1) is 5.76. The Bertz CT molecular complexity index is 219. The third-order valence-corrected chi connectivity index (χ3v) is 1.50. The number of hydrogen-bond acceptors (Lipinski definition) is 1. The zero-order valence-electron chi connectivity index (χ0n) is 7.34. The molecule has 0 aromatic heterocycles. The molecule has 2 nitrogen and oxygen atoms in total. The van der Waals surface area contributed by atoms with Gasteiger partial charge in [0.25, 0.3) is 0 Å². The normalized spacial score (nSPS) is 8.25. The summed E-state index contributed by atoms with van der Waals surface area (Å²) in [5, 5.41) is 0. The van der Waals surface area contributed by atoms with Gasteiger partial charge in [0.05, 0.1) is 6.54 Å². The Kier molecular flexibility index (Phi) is 5.57. The van der Waals surface area contributed by atoms with Crippen molar-refractivity contribution < 1.29 is 4.79 Å². The lowest BCUT2D eigenvalue weighted by Crippen LogP contribution is -2.30. The van der Waals surface area contributed by atoms with Crippen molar-refractivity contribution in [1.29, 1.82) is 0 Å². The lowest BCUT2D eigenvalue weighted by atomic mass is 10.3. The summed E-state index contributed by atoms with van der Waals surface area (Å²) in [6, 6.07) is 0. The number of amides is 1. The summed E-state index contributed by atoms with van der Waals surface area (Å²) in [4.78, 5) is 12.9. The summed E-state index contributed by atoms with van der Waals surface area (Å²) in [6.45, 7) is 2.92. The molecular weight excluding hydrogens is 150 g/mol. The second-order valence-corrected chi connectivity index (χ2v) is 2.32. The predicted molar refractivity (Wildman–Crippen MR) is 49.2 cm³/mol. The largest absolute Gasteiger partial charge is 0.332 e. The number of terminal acetylenes is 2. The van der Waals surface area contributed by atoms with Gasteiger partial charge in [-0.1, -0.05) is 5.92 Å². The first kappa shape index (κ1) is 10.6. The number of carbonyl (C=O) groups excluding carboxylic acids is 1. The van der Waals surface area contributed by atoms with Gasteiger partial charge in [-0.3, -0.25) is 4.79 Å². The van der Waals surface area contributed by atoms with E-state index in [0.29, 0.717) is 25.9 Å². The SMILES string of the molecule is C#CCCC(=O)N(CC)CC#C. The molecule has 0 saturated heterocycles. The van der Waals surface area contributed by atoms with Crippen LogP contribution in [-0.4, -0.2) is 23.9 Å². The van der Waals surface area contributed by atoms with Crippen molar-refractivity contribution in [3.8, 4) is 24.7 Å². The van der Waals surface area contributed by atoms with Gasteiger partial charge in [-0.2, -0.15) is 0 Å². The van der Waals surface area contributed by atoms with Crippen LogP contribution < -0.4 is 0 Å². The molecular formula is C10H13NO. The van der Waals surface area contributed by atoms with E-state index in [9.17, 15) is 4.79 Å². The molecule has 12 heavy (non-hydrogen) atoms. The molecule has 0 rings (SSSR count). The van der Waals surface area contributed by atoms with Crippen LogP contribution in [0.3, 0.4) is 0 Å². The third-order valence-electron chi connectivity index (χ3n) is 1.50. The maximum atomic E-state index is 11.3. The third kappa shape index (κ3) is 3.68. The minimum atomic E-state index is 0.0356. The molecule has 0 atom stereocenters. The fourth-order valence-corrected chi connectivity index (χ4v) is 0.824. The fourth-order valence-electron chi connectivity index (χ4n) is 0.824. The van der Waals surface area contributed by atoms with Gasteiger partial charge in [0.15, 0.2) is 0 Å². The highest BCUT2D eigenvalue weighted by atomic mass is 16.2. The van der Waals surface area contributed by atoms with Crippen molar-refractivity contribution in [3.63, 3.8) is 0 Å². The van der Waals surface area contributed by atoms with Gasteiger partial charge in [-0.15, -0.1) is 18.8 Å². The number of nitrogens with zero attached hydrogens (tertiary/aromatic N) is 1. The molecule has 0 saturated carbocycles. The van der Waals surface area contributed by atoms with E-state index in [-0.39, 0.29) is 5.91 Å². The van der Waals surface area contributed by atoms with E-state index in [1.807, 2.05) is 6.92 Å². The van der Waals surface area contributed by atoms with Gasteiger partial charge < -0.3 is 4.90 Å². The Balaban J connectivity index is 3.89. The van der Waals surface area contributed by atoms with Gasteiger partial charge in [-0.05, 0) is 6.92 Å². The monoisotopic (exact) mass is 163 g/mol. The van der Waals surface area contributed by atoms with Crippen LogP contribution in [0, 0.1) is 24.7 Å². The maximum absolute atomic E-state index is 11.3. The first-order valence-electron chi connectivity index (χ1n) is 3.91. The van der Waals surface area contributed by atoms with Crippen LogP contribution in [-0.2, 0) is 4.79 Å². The molecule has 0 aromatic carbocycles. The average Bonchev–Trinajstić information content (AvgIpc) is 2.10. The summed E-state index contributed by atoms with van der Waals surface area (Å²) in [5.41, 5.74) is 0. The molecule has 64 valence electrons.